The summed E-state index contributed by atoms with van der Waals surface area (Å²) in [4.78, 5) is 17.3. The molecule has 32 heavy (non-hydrogen) atoms. The van der Waals surface area contributed by atoms with E-state index in [-0.39, 0.29) is 10.7 Å². The molecule has 0 spiro atoms. The third-order valence-corrected chi connectivity index (χ3v) is 5.53. The lowest BCUT2D eigenvalue weighted by Gasteiger charge is -2.14. The number of amides is 1. The predicted octanol–water partition coefficient (Wildman–Crippen LogP) is 5.40. The first kappa shape index (κ1) is 21.8. The first-order valence-corrected chi connectivity index (χ1v) is 10.7. The molecule has 0 bridgehead atoms. The monoisotopic (exact) mass is 511 g/mol. The van der Waals surface area contributed by atoms with Crippen molar-refractivity contribution in [1.29, 1.82) is 0 Å². The Morgan fingerprint density at radius 2 is 1.75 bits per heavy atom. The Labute approximate surface area is 197 Å². The molecule has 2 N–H and O–H groups in total. The van der Waals surface area contributed by atoms with E-state index in [1.807, 2.05) is 24.3 Å². The zero-order chi connectivity index (χ0) is 22.7. The second-order valence-electron chi connectivity index (χ2n) is 6.63. The van der Waals surface area contributed by atoms with Crippen molar-refractivity contribution in [3.05, 3.63) is 70.7 Å². The first-order valence-electron chi connectivity index (χ1n) is 9.49. The molecular formula is C23H18BrN3O4S. The molecule has 0 aliphatic carbocycles. The normalized spacial score (nSPS) is 10.6. The summed E-state index contributed by atoms with van der Waals surface area (Å²) in [6, 6.07) is 18.2. The van der Waals surface area contributed by atoms with E-state index in [0.717, 1.165) is 10.0 Å². The molecule has 162 valence electrons. The highest BCUT2D eigenvalue weighted by Gasteiger charge is 2.19. The minimum atomic E-state index is -0.449. The van der Waals surface area contributed by atoms with E-state index >= 15 is 0 Å². The Kier molecular flexibility index (Phi) is 6.38. The van der Waals surface area contributed by atoms with Crippen molar-refractivity contribution in [3.63, 3.8) is 0 Å². The van der Waals surface area contributed by atoms with Crippen molar-refractivity contribution in [1.82, 2.24) is 10.3 Å². The van der Waals surface area contributed by atoms with Crippen LogP contribution in [0.1, 0.15) is 10.4 Å². The van der Waals surface area contributed by atoms with Crippen LogP contribution in [0, 0.1) is 0 Å². The highest BCUT2D eigenvalue weighted by atomic mass is 79.9. The van der Waals surface area contributed by atoms with Gasteiger partial charge in [0, 0.05) is 10.2 Å². The summed E-state index contributed by atoms with van der Waals surface area (Å²) in [6.07, 6.45) is 0. The van der Waals surface area contributed by atoms with Gasteiger partial charge < -0.3 is 19.2 Å². The molecular weight excluding hydrogens is 494 g/mol. The number of oxazole rings is 1. The number of methoxy groups -OCH3 is 2. The van der Waals surface area contributed by atoms with Crippen LogP contribution in [-0.2, 0) is 0 Å². The van der Waals surface area contributed by atoms with E-state index in [9.17, 15) is 4.79 Å². The molecule has 3 aromatic carbocycles. The molecule has 0 aliphatic rings. The van der Waals surface area contributed by atoms with Gasteiger partial charge in [-0.3, -0.25) is 10.1 Å². The van der Waals surface area contributed by atoms with Gasteiger partial charge >= 0.3 is 0 Å². The number of halogens is 1. The number of anilines is 1. The van der Waals surface area contributed by atoms with Crippen LogP contribution in [0.2, 0.25) is 0 Å². The molecule has 1 amide bonds. The maximum absolute atomic E-state index is 12.8. The lowest BCUT2D eigenvalue weighted by Crippen LogP contribution is -2.34. The second kappa shape index (κ2) is 9.37. The predicted molar refractivity (Wildman–Crippen MR) is 130 cm³/mol. The van der Waals surface area contributed by atoms with Gasteiger partial charge in [-0.25, -0.2) is 4.98 Å². The average molecular weight is 512 g/mol. The Hall–Kier alpha value is -3.43. The number of fused-ring (bicyclic) bond motifs is 1. The molecule has 0 fully saturated rings. The van der Waals surface area contributed by atoms with Gasteiger partial charge in [-0.05, 0) is 70.6 Å². The topological polar surface area (TPSA) is 85.6 Å². The summed E-state index contributed by atoms with van der Waals surface area (Å²) >= 11 is 8.83. The van der Waals surface area contributed by atoms with Crippen LogP contribution in [0.3, 0.4) is 0 Å². The summed E-state index contributed by atoms with van der Waals surface area (Å²) in [5, 5.41) is 5.77. The molecule has 0 unspecified atom stereocenters. The quantitative estimate of drug-likeness (QED) is 0.347. The number of carbonyl (C=O) groups is 1. The highest BCUT2D eigenvalue weighted by molar-refractivity contribution is 9.10. The fourth-order valence-electron chi connectivity index (χ4n) is 3.16. The maximum atomic E-state index is 12.8. The Balaban J connectivity index is 1.52. The van der Waals surface area contributed by atoms with Crippen LogP contribution in [-0.4, -0.2) is 30.2 Å². The van der Waals surface area contributed by atoms with Crippen molar-refractivity contribution in [2.45, 2.75) is 0 Å². The van der Waals surface area contributed by atoms with Crippen LogP contribution in [0.5, 0.6) is 11.5 Å². The first-order chi connectivity index (χ1) is 15.5. The van der Waals surface area contributed by atoms with E-state index < -0.39 is 5.91 Å². The average Bonchev–Trinajstić information content (AvgIpc) is 3.21. The van der Waals surface area contributed by atoms with Crippen molar-refractivity contribution >= 4 is 56.0 Å². The van der Waals surface area contributed by atoms with Crippen molar-refractivity contribution in [3.8, 4) is 23.0 Å². The Morgan fingerprint density at radius 3 is 2.44 bits per heavy atom. The minimum absolute atomic E-state index is 0.122. The van der Waals surface area contributed by atoms with Gasteiger partial charge in [0.05, 0.1) is 19.8 Å². The van der Waals surface area contributed by atoms with Gasteiger partial charge in [-0.15, -0.1) is 0 Å². The third-order valence-electron chi connectivity index (χ3n) is 4.63. The highest BCUT2D eigenvalue weighted by Crippen LogP contribution is 2.31. The number of ether oxygens (including phenoxy) is 2. The zero-order valence-corrected chi connectivity index (χ0v) is 19.5. The van der Waals surface area contributed by atoms with Crippen LogP contribution in [0.15, 0.2) is 69.6 Å². The summed E-state index contributed by atoms with van der Waals surface area (Å²) in [6.45, 7) is 0. The smallest absolute Gasteiger partial charge is 0.264 e. The summed E-state index contributed by atoms with van der Waals surface area (Å²) in [7, 11) is 2.97. The van der Waals surface area contributed by atoms with Gasteiger partial charge in [0.1, 0.15) is 22.6 Å². The summed E-state index contributed by atoms with van der Waals surface area (Å²) in [5.41, 5.74) is 3.05. The molecule has 4 aromatic rings. The Bertz CT molecular complexity index is 1300. The van der Waals surface area contributed by atoms with E-state index in [2.05, 4.69) is 31.5 Å². The maximum Gasteiger partial charge on any atom is 0.264 e. The van der Waals surface area contributed by atoms with Gasteiger partial charge in [0.25, 0.3) is 5.91 Å². The van der Waals surface area contributed by atoms with Gasteiger partial charge in [0.2, 0.25) is 5.89 Å². The van der Waals surface area contributed by atoms with E-state index in [0.29, 0.717) is 34.2 Å². The molecule has 1 aromatic heterocycles. The number of nitrogens with zero attached hydrogens (tertiary/aromatic N) is 1. The SMILES string of the molecule is COc1cccc(OC)c1C(=O)NC(=S)Nc1ccc2oc(-c3ccccc3Br)nc2c1. The summed E-state index contributed by atoms with van der Waals surface area (Å²) in [5.74, 6) is 0.820. The third kappa shape index (κ3) is 4.44. The molecule has 0 radical (unpaired) electrons. The van der Waals surface area contributed by atoms with Crippen molar-refractivity contribution < 1.29 is 18.7 Å². The number of nitrogens with one attached hydrogen (secondary N) is 2. The van der Waals surface area contributed by atoms with E-state index in [4.69, 9.17) is 26.1 Å². The number of benzene rings is 3. The summed E-state index contributed by atoms with van der Waals surface area (Å²) < 4.78 is 17.3. The second-order valence-corrected chi connectivity index (χ2v) is 7.89. The lowest BCUT2D eigenvalue weighted by atomic mass is 10.1. The van der Waals surface area contributed by atoms with Gasteiger partial charge in [-0.1, -0.05) is 18.2 Å². The fourth-order valence-corrected chi connectivity index (χ4v) is 3.82. The molecule has 1 heterocycles. The van der Waals surface area contributed by atoms with Crippen LogP contribution in [0.25, 0.3) is 22.6 Å². The lowest BCUT2D eigenvalue weighted by molar-refractivity contribution is 0.0971. The van der Waals surface area contributed by atoms with Crippen LogP contribution in [0.4, 0.5) is 5.69 Å². The molecule has 7 nitrogen and oxygen atoms in total. The van der Waals surface area contributed by atoms with Gasteiger partial charge in [0.15, 0.2) is 10.7 Å². The van der Waals surface area contributed by atoms with Crippen molar-refractivity contribution in [2.24, 2.45) is 0 Å². The fraction of sp³-hybridized carbons (Fsp3) is 0.0870. The van der Waals surface area contributed by atoms with E-state index in [1.54, 1.807) is 36.4 Å². The number of rotatable bonds is 5. The number of hydrogen-bond acceptors (Lipinski definition) is 6. The van der Waals surface area contributed by atoms with Crippen molar-refractivity contribution in [2.75, 3.05) is 19.5 Å². The molecule has 0 saturated carbocycles. The largest absolute Gasteiger partial charge is 0.496 e. The molecule has 0 aliphatic heterocycles. The minimum Gasteiger partial charge on any atom is -0.496 e. The molecule has 0 atom stereocenters. The standard InChI is InChI=1S/C23H18BrN3O4S/c1-29-18-8-5-9-19(30-2)20(18)21(28)27-23(32)25-13-10-11-17-16(12-13)26-22(31-17)14-6-3-4-7-15(14)24/h3-12H,1-2H3,(H2,25,27,28,32). The molecule has 0 saturated heterocycles. The van der Waals surface area contributed by atoms with Crippen LogP contribution >= 0.6 is 28.1 Å². The Morgan fingerprint density at radius 1 is 1.03 bits per heavy atom. The van der Waals surface area contributed by atoms with E-state index in [1.165, 1.54) is 14.2 Å². The number of hydrogen-bond donors (Lipinski definition) is 2. The number of carbonyl (C=O) groups excluding carboxylic acids is 1. The molecule has 9 heteroatoms. The zero-order valence-electron chi connectivity index (χ0n) is 17.1. The number of aromatic nitrogens is 1. The molecule has 4 rings (SSSR count). The van der Waals surface area contributed by atoms with Crippen LogP contribution < -0.4 is 20.1 Å². The number of thiocarbonyl (C=S) groups is 1. The van der Waals surface area contributed by atoms with Gasteiger partial charge in [-0.2, -0.15) is 0 Å².